The minimum absolute atomic E-state index is 0.0204. The molecule has 9 heavy (non-hydrogen) atoms. The van der Waals surface area contributed by atoms with Crippen molar-refractivity contribution in [3.63, 3.8) is 0 Å². The van der Waals surface area contributed by atoms with Crippen molar-refractivity contribution in [1.29, 1.82) is 0 Å². The Morgan fingerprint density at radius 2 is 2.56 bits per heavy atom. The maximum Gasteiger partial charge on any atom is 0.306 e. The van der Waals surface area contributed by atoms with Gasteiger partial charge < -0.3 is 4.74 Å². The van der Waals surface area contributed by atoms with Gasteiger partial charge in [0.1, 0.15) is 6.10 Å². The summed E-state index contributed by atoms with van der Waals surface area (Å²) in [6, 6.07) is 0. The Morgan fingerprint density at radius 1 is 1.78 bits per heavy atom. The van der Waals surface area contributed by atoms with Crippen LogP contribution in [0.4, 0.5) is 0 Å². The first-order valence-electron chi connectivity index (χ1n) is 3.08. The van der Waals surface area contributed by atoms with Crippen molar-refractivity contribution in [2.75, 3.05) is 5.88 Å². The number of ether oxygens (including phenoxy) is 1. The smallest absolute Gasteiger partial charge is 0.306 e. The molecule has 0 bridgehead atoms. The summed E-state index contributed by atoms with van der Waals surface area (Å²) in [6.45, 7) is 0. The molecular formula is C6H9ClO2. The molecule has 0 radical (unpaired) electrons. The summed E-state index contributed by atoms with van der Waals surface area (Å²) < 4.78 is 4.86. The van der Waals surface area contributed by atoms with E-state index in [2.05, 4.69) is 0 Å². The largest absolute Gasteiger partial charge is 0.461 e. The Bertz CT molecular complexity index is 114. The van der Waals surface area contributed by atoms with E-state index < -0.39 is 0 Å². The van der Waals surface area contributed by atoms with Crippen LogP contribution >= 0.6 is 11.6 Å². The molecule has 0 aromatic rings. The molecule has 0 N–H and O–H groups in total. The highest BCUT2D eigenvalue weighted by Gasteiger charge is 2.18. The molecule has 0 amide bonds. The number of hydrogen-bond donors (Lipinski definition) is 0. The third-order valence-corrected chi connectivity index (χ3v) is 1.72. The Kier molecular flexibility index (Phi) is 2.34. The first-order valence-corrected chi connectivity index (χ1v) is 3.62. The lowest BCUT2D eigenvalue weighted by Gasteiger charge is -2.19. The normalized spacial score (nSPS) is 27.7. The van der Waals surface area contributed by atoms with Gasteiger partial charge in [-0.1, -0.05) is 0 Å². The van der Waals surface area contributed by atoms with Gasteiger partial charge in [0.05, 0.1) is 5.88 Å². The lowest BCUT2D eigenvalue weighted by atomic mass is 10.1. The van der Waals surface area contributed by atoms with Gasteiger partial charge in [-0.2, -0.15) is 0 Å². The molecule has 0 aromatic carbocycles. The maximum atomic E-state index is 10.6. The van der Waals surface area contributed by atoms with Gasteiger partial charge in [0.15, 0.2) is 0 Å². The van der Waals surface area contributed by atoms with Gasteiger partial charge in [-0.15, -0.1) is 11.6 Å². The molecule has 0 aliphatic carbocycles. The number of halogens is 1. The molecule has 1 aliphatic rings. The molecule has 1 rings (SSSR count). The van der Waals surface area contributed by atoms with Crippen LogP contribution in [-0.2, 0) is 9.53 Å². The van der Waals surface area contributed by atoms with Gasteiger partial charge in [-0.25, -0.2) is 0 Å². The van der Waals surface area contributed by atoms with Crippen LogP contribution in [0.3, 0.4) is 0 Å². The molecule has 0 aromatic heterocycles. The number of carbonyl (C=O) groups excluding carboxylic acids is 1. The number of rotatable bonds is 1. The first-order chi connectivity index (χ1) is 4.33. The van der Waals surface area contributed by atoms with Crippen LogP contribution in [0.2, 0.25) is 0 Å². The summed E-state index contributed by atoms with van der Waals surface area (Å²) >= 11 is 5.47. The average molecular weight is 149 g/mol. The number of hydrogen-bond acceptors (Lipinski definition) is 2. The summed E-state index contributed by atoms with van der Waals surface area (Å²) in [5, 5.41) is 0. The second-order valence-corrected chi connectivity index (χ2v) is 2.47. The monoisotopic (exact) mass is 148 g/mol. The first kappa shape index (κ1) is 6.87. The molecule has 2 nitrogen and oxygen atoms in total. The third-order valence-electron chi connectivity index (χ3n) is 1.38. The van der Waals surface area contributed by atoms with Gasteiger partial charge in [0, 0.05) is 6.42 Å². The van der Waals surface area contributed by atoms with Crippen molar-refractivity contribution in [3.05, 3.63) is 0 Å². The Hall–Kier alpha value is -0.240. The molecule has 3 heteroatoms. The van der Waals surface area contributed by atoms with Crippen LogP contribution in [0.15, 0.2) is 0 Å². The SMILES string of the molecule is O=C1CCCC(CCl)O1. The zero-order valence-electron chi connectivity index (χ0n) is 5.10. The molecule has 1 atom stereocenters. The number of alkyl halides is 1. The second kappa shape index (κ2) is 3.06. The van der Waals surface area contributed by atoms with E-state index in [1.54, 1.807) is 0 Å². The fourth-order valence-corrected chi connectivity index (χ4v) is 1.10. The van der Waals surface area contributed by atoms with Crippen LogP contribution in [0.5, 0.6) is 0 Å². The molecule has 0 spiro atoms. The highest BCUT2D eigenvalue weighted by Crippen LogP contribution is 2.14. The van der Waals surface area contributed by atoms with E-state index in [9.17, 15) is 4.79 Å². The minimum atomic E-state index is -0.105. The van der Waals surface area contributed by atoms with Crippen LogP contribution < -0.4 is 0 Å². The lowest BCUT2D eigenvalue weighted by molar-refractivity contribution is -0.152. The van der Waals surface area contributed by atoms with Gasteiger partial charge in [0.2, 0.25) is 0 Å². The molecule has 1 unspecified atom stereocenters. The van der Waals surface area contributed by atoms with Crippen molar-refractivity contribution < 1.29 is 9.53 Å². The van der Waals surface area contributed by atoms with Crippen LogP contribution in [0.25, 0.3) is 0 Å². The molecule has 1 saturated heterocycles. The van der Waals surface area contributed by atoms with E-state index in [1.165, 1.54) is 0 Å². The predicted octanol–water partition coefficient (Wildman–Crippen LogP) is 1.32. The topological polar surface area (TPSA) is 26.3 Å². The van der Waals surface area contributed by atoms with Gasteiger partial charge in [-0.3, -0.25) is 4.79 Å². The summed E-state index contributed by atoms with van der Waals surface area (Å²) in [7, 11) is 0. The fraction of sp³-hybridized carbons (Fsp3) is 0.833. The van der Waals surface area contributed by atoms with Crippen LogP contribution in [0.1, 0.15) is 19.3 Å². The van der Waals surface area contributed by atoms with E-state index in [4.69, 9.17) is 16.3 Å². The fourth-order valence-electron chi connectivity index (χ4n) is 0.886. The third kappa shape index (κ3) is 1.86. The number of esters is 1. The standard InChI is InChI=1S/C6H9ClO2/c7-4-5-2-1-3-6(8)9-5/h5H,1-4H2. The number of carbonyl (C=O) groups is 1. The van der Waals surface area contributed by atoms with Crippen LogP contribution in [0, 0.1) is 0 Å². The summed E-state index contributed by atoms with van der Waals surface area (Å²) in [6.07, 6.45) is 2.40. The van der Waals surface area contributed by atoms with E-state index >= 15 is 0 Å². The van der Waals surface area contributed by atoms with Crippen molar-refractivity contribution in [3.8, 4) is 0 Å². The zero-order valence-corrected chi connectivity index (χ0v) is 5.86. The molecule has 52 valence electrons. The molecule has 1 aliphatic heterocycles. The zero-order chi connectivity index (χ0) is 6.69. The number of cyclic esters (lactones) is 1. The molecule has 1 heterocycles. The average Bonchev–Trinajstić information content (AvgIpc) is 1.88. The quantitative estimate of drug-likeness (QED) is 0.414. The van der Waals surface area contributed by atoms with Crippen molar-refractivity contribution in [1.82, 2.24) is 0 Å². The van der Waals surface area contributed by atoms with Crippen LogP contribution in [-0.4, -0.2) is 18.0 Å². The summed E-state index contributed by atoms with van der Waals surface area (Å²) in [4.78, 5) is 10.6. The van der Waals surface area contributed by atoms with E-state index in [0.717, 1.165) is 12.8 Å². The summed E-state index contributed by atoms with van der Waals surface area (Å²) in [5.74, 6) is 0.332. The van der Waals surface area contributed by atoms with Gasteiger partial charge in [0.25, 0.3) is 0 Å². The van der Waals surface area contributed by atoms with Gasteiger partial charge in [-0.05, 0) is 12.8 Å². The molecule has 0 saturated carbocycles. The maximum absolute atomic E-state index is 10.6. The van der Waals surface area contributed by atoms with Crippen molar-refractivity contribution >= 4 is 17.6 Å². The van der Waals surface area contributed by atoms with Gasteiger partial charge >= 0.3 is 5.97 Å². The Morgan fingerprint density at radius 3 is 3.00 bits per heavy atom. The second-order valence-electron chi connectivity index (χ2n) is 2.16. The van der Waals surface area contributed by atoms with E-state index in [0.29, 0.717) is 12.3 Å². The Labute approximate surface area is 59.1 Å². The lowest BCUT2D eigenvalue weighted by Crippen LogP contribution is -2.24. The molecule has 1 fully saturated rings. The van der Waals surface area contributed by atoms with E-state index in [1.807, 2.05) is 0 Å². The Balaban J connectivity index is 2.32. The highest BCUT2D eigenvalue weighted by molar-refractivity contribution is 6.18. The summed E-state index contributed by atoms with van der Waals surface area (Å²) in [5.41, 5.74) is 0. The molecular weight excluding hydrogens is 140 g/mol. The minimum Gasteiger partial charge on any atom is -0.461 e. The highest BCUT2D eigenvalue weighted by atomic mass is 35.5. The van der Waals surface area contributed by atoms with Crippen molar-refractivity contribution in [2.45, 2.75) is 25.4 Å². The van der Waals surface area contributed by atoms with Crippen molar-refractivity contribution in [2.24, 2.45) is 0 Å². The van der Waals surface area contributed by atoms with E-state index in [-0.39, 0.29) is 12.1 Å². The predicted molar refractivity (Wildman–Crippen MR) is 34.5 cm³/mol.